The standard InChI is InChI=1S/C5H10N2OS2/c1-7(2)6-4(9)3-5(8)10/h3H2,1-2H3,(H,6,9)(H,8,10). The zero-order valence-electron chi connectivity index (χ0n) is 5.92. The van der Waals surface area contributed by atoms with Gasteiger partial charge >= 0.3 is 0 Å². The van der Waals surface area contributed by atoms with Crippen molar-refractivity contribution >= 4 is 35.0 Å². The molecule has 0 aliphatic carbocycles. The number of nitrogens with one attached hydrogen (secondary N) is 1. The molecule has 0 aromatic carbocycles. The molecule has 10 heavy (non-hydrogen) atoms. The van der Waals surface area contributed by atoms with Crippen molar-refractivity contribution in [3.63, 3.8) is 0 Å². The third kappa shape index (κ3) is 6.00. The van der Waals surface area contributed by atoms with Gasteiger partial charge in [-0.15, -0.1) is 12.6 Å². The van der Waals surface area contributed by atoms with E-state index in [-0.39, 0.29) is 11.5 Å². The van der Waals surface area contributed by atoms with Gasteiger partial charge in [0.2, 0.25) is 0 Å². The average Bonchev–Trinajstić information content (AvgIpc) is 1.58. The zero-order chi connectivity index (χ0) is 8.15. The Kier molecular flexibility index (Phi) is 4.59. The maximum atomic E-state index is 10.4. The fourth-order valence-corrected chi connectivity index (χ4v) is 1.01. The number of hydrogen-bond donors (Lipinski definition) is 2. The number of rotatable bonds is 3. The van der Waals surface area contributed by atoms with E-state index < -0.39 is 0 Å². The van der Waals surface area contributed by atoms with Gasteiger partial charge in [0.25, 0.3) is 0 Å². The number of thiocarbonyl (C=S) groups is 1. The van der Waals surface area contributed by atoms with E-state index in [2.05, 4.69) is 18.1 Å². The van der Waals surface area contributed by atoms with Gasteiger partial charge in [-0.25, -0.2) is 5.01 Å². The zero-order valence-corrected chi connectivity index (χ0v) is 7.63. The summed E-state index contributed by atoms with van der Waals surface area (Å²) in [5.41, 5.74) is 2.77. The lowest BCUT2D eigenvalue weighted by Crippen LogP contribution is -2.35. The van der Waals surface area contributed by atoms with Crippen LogP contribution < -0.4 is 5.43 Å². The first kappa shape index (κ1) is 9.87. The van der Waals surface area contributed by atoms with E-state index in [1.807, 2.05) is 0 Å². The summed E-state index contributed by atoms with van der Waals surface area (Å²) in [6.45, 7) is 0. The summed E-state index contributed by atoms with van der Waals surface area (Å²) in [7, 11) is 3.60. The monoisotopic (exact) mass is 178 g/mol. The molecule has 3 nitrogen and oxygen atoms in total. The van der Waals surface area contributed by atoms with Crippen molar-refractivity contribution in [3.8, 4) is 0 Å². The quantitative estimate of drug-likeness (QED) is 0.368. The number of nitrogens with zero attached hydrogens (tertiary/aromatic N) is 1. The Morgan fingerprint density at radius 2 is 2.20 bits per heavy atom. The Morgan fingerprint density at radius 1 is 1.70 bits per heavy atom. The van der Waals surface area contributed by atoms with Gasteiger partial charge < -0.3 is 5.43 Å². The molecule has 0 fully saturated rings. The molecule has 0 heterocycles. The summed E-state index contributed by atoms with van der Waals surface area (Å²) in [5, 5.41) is 1.46. The lowest BCUT2D eigenvalue weighted by Gasteiger charge is -2.12. The van der Waals surface area contributed by atoms with Crippen LogP contribution in [0.2, 0.25) is 0 Å². The Hall–Kier alpha value is -0.130. The number of hydrazine groups is 1. The molecule has 0 aliphatic heterocycles. The van der Waals surface area contributed by atoms with E-state index in [0.29, 0.717) is 4.99 Å². The van der Waals surface area contributed by atoms with Gasteiger partial charge in [0, 0.05) is 14.1 Å². The van der Waals surface area contributed by atoms with E-state index >= 15 is 0 Å². The van der Waals surface area contributed by atoms with Crippen LogP contribution in [0.5, 0.6) is 0 Å². The normalized spacial score (nSPS) is 9.60. The van der Waals surface area contributed by atoms with Crippen molar-refractivity contribution in [2.45, 2.75) is 6.42 Å². The van der Waals surface area contributed by atoms with Crippen molar-refractivity contribution in [1.82, 2.24) is 10.4 Å². The molecule has 0 unspecified atom stereocenters. The molecule has 0 spiro atoms. The van der Waals surface area contributed by atoms with Crippen molar-refractivity contribution in [2.24, 2.45) is 0 Å². The SMILES string of the molecule is CN(C)NC(=S)CC(=O)S. The number of carbonyl (C=O) groups excluding carboxylic acids is 1. The van der Waals surface area contributed by atoms with E-state index in [0.717, 1.165) is 0 Å². The smallest absolute Gasteiger partial charge is 0.192 e. The lowest BCUT2D eigenvalue weighted by molar-refractivity contribution is -0.109. The van der Waals surface area contributed by atoms with Crippen LogP contribution in [0.15, 0.2) is 0 Å². The molecule has 0 saturated heterocycles. The van der Waals surface area contributed by atoms with Crippen LogP contribution in [0, 0.1) is 0 Å². The third-order valence-corrected chi connectivity index (χ3v) is 1.05. The number of thiol groups is 1. The fourth-order valence-electron chi connectivity index (χ4n) is 0.426. The van der Waals surface area contributed by atoms with Crippen molar-refractivity contribution in [1.29, 1.82) is 0 Å². The Bertz CT molecular complexity index is 147. The van der Waals surface area contributed by atoms with Crippen LogP contribution in [0.4, 0.5) is 0 Å². The first-order chi connectivity index (χ1) is 4.52. The number of hydrogen-bond acceptors (Lipinski definition) is 3. The topological polar surface area (TPSA) is 32.3 Å². The van der Waals surface area contributed by atoms with Gasteiger partial charge in [-0.05, 0) is 0 Å². The van der Waals surface area contributed by atoms with Crippen LogP contribution >= 0.6 is 24.8 Å². The molecule has 0 aliphatic rings. The highest BCUT2D eigenvalue weighted by Gasteiger charge is 2.00. The van der Waals surface area contributed by atoms with E-state index in [4.69, 9.17) is 12.2 Å². The molecule has 58 valence electrons. The van der Waals surface area contributed by atoms with E-state index in [1.165, 1.54) is 0 Å². The van der Waals surface area contributed by atoms with Crippen LogP contribution in [0.3, 0.4) is 0 Å². The van der Waals surface area contributed by atoms with Gasteiger partial charge in [-0.1, -0.05) is 12.2 Å². The second-order valence-corrected chi connectivity index (χ2v) is 2.99. The van der Waals surface area contributed by atoms with Crippen LogP contribution in [0.1, 0.15) is 6.42 Å². The van der Waals surface area contributed by atoms with Gasteiger partial charge in [0.05, 0.1) is 11.4 Å². The highest BCUT2D eigenvalue weighted by molar-refractivity contribution is 7.96. The highest BCUT2D eigenvalue weighted by Crippen LogP contribution is 1.89. The summed E-state index contributed by atoms with van der Waals surface area (Å²) in [6.07, 6.45) is 0.191. The summed E-state index contributed by atoms with van der Waals surface area (Å²) in [5.74, 6) is 0. The maximum absolute atomic E-state index is 10.4. The Balaban J connectivity index is 3.54. The van der Waals surface area contributed by atoms with E-state index in [9.17, 15) is 4.79 Å². The Morgan fingerprint density at radius 3 is 2.50 bits per heavy atom. The van der Waals surface area contributed by atoms with Gasteiger partial charge in [-0.3, -0.25) is 4.79 Å². The molecule has 5 heteroatoms. The predicted molar refractivity (Wildman–Crippen MR) is 48.0 cm³/mol. The van der Waals surface area contributed by atoms with Crippen LogP contribution in [-0.4, -0.2) is 29.2 Å². The van der Waals surface area contributed by atoms with Crippen LogP contribution in [0.25, 0.3) is 0 Å². The average molecular weight is 178 g/mol. The Labute approximate surface area is 71.2 Å². The fraction of sp³-hybridized carbons (Fsp3) is 0.600. The van der Waals surface area contributed by atoms with Gasteiger partial charge in [0.1, 0.15) is 0 Å². The molecule has 0 radical (unpaired) electrons. The molecule has 0 bridgehead atoms. The molecular weight excluding hydrogens is 168 g/mol. The van der Waals surface area contributed by atoms with Crippen LogP contribution in [-0.2, 0) is 4.79 Å². The molecule has 0 amide bonds. The highest BCUT2D eigenvalue weighted by atomic mass is 32.1. The maximum Gasteiger partial charge on any atom is 0.192 e. The minimum Gasteiger partial charge on any atom is -0.313 e. The molecular formula is C5H10N2OS2. The molecule has 0 aromatic heterocycles. The number of carbonyl (C=O) groups is 1. The first-order valence-corrected chi connectivity index (χ1v) is 3.56. The van der Waals surface area contributed by atoms with Gasteiger partial charge in [0.15, 0.2) is 5.12 Å². The summed E-state index contributed by atoms with van der Waals surface area (Å²) in [6, 6.07) is 0. The lowest BCUT2D eigenvalue weighted by atomic mass is 10.5. The molecule has 0 saturated carbocycles. The molecule has 0 rings (SSSR count). The van der Waals surface area contributed by atoms with Crippen molar-refractivity contribution in [3.05, 3.63) is 0 Å². The second-order valence-electron chi connectivity index (χ2n) is 2.00. The van der Waals surface area contributed by atoms with Gasteiger partial charge in [-0.2, -0.15) is 0 Å². The minimum absolute atomic E-state index is 0.191. The largest absolute Gasteiger partial charge is 0.313 e. The molecule has 0 aromatic rings. The van der Waals surface area contributed by atoms with Crippen molar-refractivity contribution < 1.29 is 4.79 Å². The van der Waals surface area contributed by atoms with E-state index in [1.54, 1.807) is 19.1 Å². The van der Waals surface area contributed by atoms with Crippen molar-refractivity contribution in [2.75, 3.05) is 14.1 Å². The first-order valence-electron chi connectivity index (χ1n) is 2.71. The molecule has 0 atom stereocenters. The summed E-state index contributed by atoms with van der Waals surface area (Å²) < 4.78 is 0. The minimum atomic E-state index is -0.223. The summed E-state index contributed by atoms with van der Waals surface area (Å²) >= 11 is 8.36. The second kappa shape index (κ2) is 4.65. The summed E-state index contributed by atoms with van der Waals surface area (Å²) in [4.78, 5) is 10.8. The molecule has 1 N–H and O–H groups in total. The third-order valence-electron chi connectivity index (χ3n) is 0.660. The predicted octanol–water partition coefficient (Wildman–Crippen LogP) is 0.227.